The molecule has 1 aliphatic heterocycles. The van der Waals surface area contributed by atoms with Crippen molar-refractivity contribution >= 4 is 17.5 Å². The molecule has 1 saturated heterocycles. The van der Waals surface area contributed by atoms with E-state index < -0.39 is 47.8 Å². The Hall–Kier alpha value is -4.51. The summed E-state index contributed by atoms with van der Waals surface area (Å²) in [4.78, 5) is 35.7. The van der Waals surface area contributed by atoms with Gasteiger partial charge in [-0.2, -0.15) is 23.4 Å². The van der Waals surface area contributed by atoms with Crippen LogP contribution in [0.3, 0.4) is 0 Å². The third kappa shape index (κ3) is 6.23. The lowest BCUT2D eigenvalue weighted by atomic mass is 9.76. The van der Waals surface area contributed by atoms with Crippen LogP contribution < -0.4 is 10.6 Å². The Kier molecular flexibility index (Phi) is 7.73. The molecule has 0 radical (unpaired) electrons. The van der Waals surface area contributed by atoms with Crippen molar-refractivity contribution < 1.29 is 36.2 Å². The second-order valence-electron chi connectivity index (χ2n) is 13.4. The molecule has 7 rings (SSSR count). The molecule has 3 aliphatic rings. The Morgan fingerprint density at radius 3 is 2.54 bits per heavy atom. The lowest BCUT2D eigenvalue weighted by molar-refractivity contribution is -0.155. The summed E-state index contributed by atoms with van der Waals surface area (Å²) in [5.74, 6) is -3.61. The zero-order valence-electron chi connectivity index (χ0n) is 26.1. The highest BCUT2D eigenvalue weighted by Gasteiger charge is 2.56. The minimum atomic E-state index is -4.64. The van der Waals surface area contributed by atoms with Gasteiger partial charge in [0.25, 0.3) is 5.91 Å². The Bertz CT molecular complexity index is 1850. The molecule has 2 amide bonds. The fraction of sp³-hybridized carbons (Fsp3) is 0.600. The number of hydrogen-bond acceptors (Lipinski definition) is 9. The summed E-state index contributed by atoms with van der Waals surface area (Å²) in [6.07, 6.45) is -0.996. The summed E-state index contributed by atoms with van der Waals surface area (Å²) in [7, 11) is 1.62. The predicted molar refractivity (Wildman–Crippen MR) is 155 cm³/mol. The number of carbonyl (C=O) groups excluding carboxylic acids is 2. The highest BCUT2D eigenvalue weighted by Crippen LogP contribution is 2.44. The molecular formula is C30H33F5N10O3. The summed E-state index contributed by atoms with van der Waals surface area (Å²) in [5.41, 5.74) is 0.127. The lowest BCUT2D eigenvalue weighted by Gasteiger charge is -2.33. The van der Waals surface area contributed by atoms with E-state index in [4.69, 9.17) is 9.61 Å². The van der Waals surface area contributed by atoms with Gasteiger partial charge in [-0.1, -0.05) is 5.16 Å². The normalized spacial score (nSPS) is 23.8. The van der Waals surface area contributed by atoms with Crippen LogP contribution >= 0.6 is 0 Å². The largest absolute Gasteiger partial charge is 0.408 e. The van der Waals surface area contributed by atoms with Gasteiger partial charge in [0.15, 0.2) is 11.3 Å². The van der Waals surface area contributed by atoms with Crippen LogP contribution in [-0.2, 0) is 24.7 Å². The maximum atomic E-state index is 14.1. The molecule has 13 nitrogen and oxygen atoms in total. The molecule has 2 saturated carbocycles. The van der Waals surface area contributed by atoms with Gasteiger partial charge < -0.3 is 10.6 Å². The molecule has 4 aromatic heterocycles. The van der Waals surface area contributed by atoms with Crippen LogP contribution in [0.1, 0.15) is 96.0 Å². The highest BCUT2D eigenvalue weighted by atomic mass is 19.4. The Balaban J connectivity index is 1.19. The second-order valence-corrected chi connectivity index (χ2v) is 13.4. The minimum Gasteiger partial charge on any atom is -0.344 e. The van der Waals surface area contributed by atoms with Gasteiger partial charge in [0, 0.05) is 32.2 Å². The summed E-state index contributed by atoms with van der Waals surface area (Å²) in [6, 6.07) is -1.18. The molecule has 3 atom stereocenters. The Morgan fingerprint density at radius 1 is 1.15 bits per heavy atom. The van der Waals surface area contributed by atoms with Gasteiger partial charge in [-0.15, -0.1) is 0 Å². The van der Waals surface area contributed by atoms with E-state index in [1.165, 1.54) is 15.4 Å². The fourth-order valence-corrected chi connectivity index (χ4v) is 7.01. The SMILES string of the molecule is Cc1nc(C[C@]2(Cc3cnn4cc([C@@H](NC(=O)c5nonc5C5CC5)C5CCC(F)(F)CC5)nc4c3)C[C@@H](C(F)(F)F)NC2=O)n(C)n1. The minimum absolute atomic E-state index is 0.0446. The fourth-order valence-electron chi connectivity index (χ4n) is 7.01. The molecule has 4 aromatic rings. The maximum Gasteiger partial charge on any atom is 0.408 e. The second kappa shape index (κ2) is 11.6. The number of nitrogens with one attached hydrogen (secondary N) is 2. The van der Waals surface area contributed by atoms with Crippen LogP contribution in [-0.4, -0.2) is 69.6 Å². The van der Waals surface area contributed by atoms with Gasteiger partial charge in [0.05, 0.1) is 29.5 Å². The third-order valence-corrected chi connectivity index (χ3v) is 9.70. The third-order valence-electron chi connectivity index (χ3n) is 9.70. The number of alkyl halides is 5. The average Bonchev–Trinajstić information content (AvgIpc) is 3.30. The van der Waals surface area contributed by atoms with E-state index in [0.717, 1.165) is 12.8 Å². The quantitative estimate of drug-likeness (QED) is 0.251. The molecule has 18 heteroatoms. The van der Waals surface area contributed by atoms with E-state index >= 15 is 0 Å². The van der Waals surface area contributed by atoms with Crippen molar-refractivity contribution in [1.82, 2.24) is 50.3 Å². The summed E-state index contributed by atoms with van der Waals surface area (Å²) < 4.78 is 77.4. The van der Waals surface area contributed by atoms with Gasteiger partial charge in [-0.3, -0.25) is 14.3 Å². The first-order chi connectivity index (χ1) is 22.7. The number of amides is 2. The number of rotatable bonds is 9. The topological polar surface area (TPSA) is 158 Å². The number of carbonyl (C=O) groups is 2. The average molecular weight is 677 g/mol. The Labute approximate surface area is 270 Å². The monoisotopic (exact) mass is 676 g/mol. The molecule has 3 fully saturated rings. The number of aromatic nitrogens is 8. The van der Waals surface area contributed by atoms with E-state index in [2.05, 4.69) is 36.1 Å². The van der Waals surface area contributed by atoms with Crippen molar-refractivity contribution in [2.24, 2.45) is 18.4 Å². The van der Waals surface area contributed by atoms with E-state index in [-0.39, 0.29) is 56.1 Å². The van der Waals surface area contributed by atoms with Gasteiger partial charge >= 0.3 is 6.18 Å². The zero-order chi connectivity index (χ0) is 34.0. The van der Waals surface area contributed by atoms with E-state index in [1.54, 1.807) is 26.2 Å². The van der Waals surface area contributed by atoms with Crippen molar-refractivity contribution in [3.05, 3.63) is 52.8 Å². The first-order valence-electron chi connectivity index (χ1n) is 15.8. The number of nitrogens with zero attached hydrogens (tertiary/aromatic N) is 8. The van der Waals surface area contributed by atoms with Crippen molar-refractivity contribution in [2.75, 3.05) is 0 Å². The Morgan fingerprint density at radius 2 is 1.90 bits per heavy atom. The van der Waals surface area contributed by atoms with Crippen molar-refractivity contribution in [1.29, 1.82) is 0 Å². The summed E-state index contributed by atoms with van der Waals surface area (Å²) in [6.45, 7) is 1.65. The number of halogens is 5. The molecule has 5 heterocycles. The molecular weight excluding hydrogens is 643 g/mol. The number of hydrogen-bond donors (Lipinski definition) is 2. The lowest BCUT2D eigenvalue weighted by Crippen LogP contribution is -2.39. The molecule has 0 bridgehead atoms. The number of fused-ring (bicyclic) bond motifs is 1. The van der Waals surface area contributed by atoms with E-state index in [1.807, 2.05) is 0 Å². The summed E-state index contributed by atoms with van der Waals surface area (Å²) in [5, 5.41) is 21.3. The molecule has 0 spiro atoms. The zero-order valence-corrected chi connectivity index (χ0v) is 26.1. The van der Waals surface area contributed by atoms with Crippen molar-refractivity contribution in [3.8, 4) is 0 Å². The maximum absolute atomic E-state index is 14.1. The van der Waals surface area contributed by atoms with Crippen LogP contribution in [0.25, 0.3) is 5.65 Å². The molecule has 2 aliphatic carbocycles. The van der Waals surface area contributed by atoms with Crippen LogP contribution in [0.2, 0.25) is 0 Å². The van der Waals surface area contributed by atoms with E-state index in [9.17, 15) is 31.5 Å². The predicted octanol–water partition coefficient (Wildman–Crippen LogP) is 3.95. The number of aryl methyl sites for hydroxylation is 2. The van der Waals surface area contributed by atoms with Crippen LogP contribution in [0, 0.1) is 18.3 Å². The van der Waals surface area contributed by atoms with Gasteiger partial charge in [-0.25, -0.2) is 27.9 Å². The molecule has 0 aromatic carbocycles. The van der Waals surface area contributed by atoms with Gasteiger partial charge in [0.1, 0.15) is 23.4 Å². The standard InChI is InChI=1S/C30H33F5N10O3/c1-15-37-22(44(2)41-15)12-28(11-20(30(33,34)35)39-27(28)47)10-16-9-21-38-19(14-45(21)36-13-16)23(18-5-7-29(31,32)8-6-18)40-26(46)25-24(17-3-4-17)42-48-43-25/h9,13-14,17-18,20,23H,3-8,10-12H2,1-2H3,(H,39,47)(H,40,46)/t20-,23-,28-/m0/s1. The number of imidazole rings is 1. The molecule has 48 heavy (non-hydrogen) atoms. The van der Waals surface area contributed by atoms with Gasteiger partial charge in [-0.05, 0) is 68.2 Å². The van der Waals surface area contributed by atoms with Crippen molar-refractivity contribution in [2.45, 2.75) is 94.8 Å². The van der Waals surface area contributed by atoms with E-state index in [0.29, 0.717) is 34.2 Å². The molecule has 256 valence electrons. The molecule has 0 unspecified atom stereocenters. The van der Waals surface area contributed by atoms with Crippen molar-refractivity contribution in [3.63, 3.8) is 0 Å². The summed E-state index contributed by atoms with van der Waals surface area (Å²) >= 11 is 0. The van der Waals surface area contributed by atoms with Crippen LogP contribution in [0.5, 0.6) is 0 Å². The smallest absolute Gasteiger partial charge is 0.344 e. The molecule has 2 N–H and O–H groups in total. The van der Waals surface area contributed by atoms with Crippen LogP contribution in [0.4, 0.5) is 22.0 Å². The highest BCUT2D eigenvalue weighted by molar-refractivity contribution is 5.93. The van der Waals surface area contributed by atoms with Gasteiger partial charge in [0.2, 0.25) is 11.8 Å². The first kappa shape index (κ1) is 32.1. The first-order valence-corrected chi connectivity index (χ1v) is 15.8. The van der Waals surface area contributed by atoms with Crippen LogP contribution in [0.15, 0.2) is 23.1 Å².